The zero-order valence-corrected chi connectivity index (χ0v) is 19.6. The van der Waals surface area contributed by atoms with Gasteiger partial charge in [-0.25, -0.2) is 9.78 Å². The summed E-state index contributed by atoms with van der Waals surface area (Å²) in [6, 6.07) is 19.1. The molecule has 2 aliphatic heterocycles. The van der Waals surface area contributed by atoms with Gasteiger partial charge in [0.2, 0.25) is 0 Å². The van der Waals surface area contributed by atoms with E-state index in [1.54, 1.807) is 11.3 Å². The van der Waals surface area contributed by atoms with Crippen molar-refractivity contribution in [1.29, 1.82) is 0 Å². The molecule has 3 heterocycles. The number of fused-ring (bicyclic) bond motifs is 1. The third-order valence-corrected chi connectivity index (χ3v) is 8.25. The first-order chi connectivity index (χ1) is 15.7. The Bertz CT molecular complexity index is 1010. The summed E-state index contributed by atoms with van der Waals surface area (Å²) in [5, 5.41) is 4.46. The lowest BCUT2D eigenvalue weighted by molar-refractivity contribution is 0.179. The zero-order valence-electron chi connectivity index (χ0n) is 18.7. The van der Waals surface area contributed by atoms with Gasteiger partial charge in [-0.1, -0.05) is 49.4 Å². The van der Waals surface area contributed by atoms with Crippen molar-refractivity contribution in [2.75, 3.05) is 32.7 Å². The monoisotopic (exact) mass is 448 g/mol. The van der Waals surface area contributed by atoms with E-state index in [2.05, 4.69) is 65.7 Å². The van der Waals surface area contributed by atoms with Gasteiger partial charge in [-0.3, -0.25) is 4.90 Å². The van der Waals surface area contributed by atoms with Crippen LogP contribution in [0.15, 0.2) is 54.6 Å². The molecule has 2 amide bonds. The summed E-state index contributed by atoms with van der Waals surface area (Å²) in [5.74, 6) is 1.59. The standard InChI is InChI=1S/C26H32N4OS/c1-19-16-29(17-20-7-3-2-4-8-20)18-22(19)15-27-26(31)30-13-11-21(12-14-30)25-28-23-9-5-6-10-24(23)32-25/h2-10,19,21-22H,11-18H2,1H3,(H,27,31). The van der Waals surface area contributed by atoms with Gasteiger partial charge in [-0.15, -0.1) is 11.3 Å². The summed E-state index contributed by atoms with van der Waals surface area (Å²) in [5.41, 5.74) is 2.46. The van der Waals surface area contributed by atoms with Crippen LogP contribution in [0.3, 0.4) is 0 Å². The van der Waals surface area contributed by atoms with Crippen LogP contribution in [-0.2, 0) is 6.54 Å². The predicted octanol–water partition coefficient (Wildman–Crippen LogP) is 4.95. The Balaban J connectivity index is 1.08. The highest BCUT2D eigenvalue weighted by Gasteiger charge is 2.31. The van der Waals surface area contributed by atoms with Crippen LogP contribution in [0.5, 0.6) is 0 Å². The number of amides is 2. The topological polar surface area (TPSA) is 48.5 Å². The van der Waals surface area contributed by atoms with Gasteiger partial charge in [0.1, 0.15) is 0 Å². The third-order valence-electron chi connectivity index (χ3n) is 7.05. The number of hydrogen-bond acceptors (Lipinski definition) is 4. The maximum absolute atomic E-state index is 12.8. The van der Waals surface area contributed by atoms with Gasteiger partial charge in [0.05, 0.1) is 15.2 Å². The van der Waals surface area contributed by atoms with Crippen LogP contribution in [0, 0.1) is 11.8 Å². The fourth-order valence-electron chi connectivity index (χ4n) is 5.10. The summed E-state index contributed by atoms with van der Waals surface area (Å²) >= 11 is 1.81. The molecule has 2 unspecified atom stereocenters. The number of para-hydroxylation sites is 1. The summed E-state index contributed by atoms with van der Waals surface area (Å²) in [7, 11) is 0. The quantitative estimate of drug-likeness (QED) is 0.601. The number of benzene rings is 2. The van der Waals surface area contributed by atoms with Crippen LogP contribution in [0.2, 0.25) is 0 Å². The molecule has 2 fully saturated rings. The Kier molecular flexibility index (Phi) is 6.42. The third kappa shape index (κ3) is 4.81. The van der Waals surface area contributed by atoms with E-state index in [4.69, 9.17) is 4.98 Å². The van der Waals surface area contributed by atoms with E-state index >= 15 is 0 Å². The lowest BCUT2D eigenvalue weighted by Gasteiger charge is -2.31. The summed E-state index contributed by atoms with van der Waals surface area (Å²) in [6.45, 7) is 7.85. The Morgan fingerprint density at radius 2 is 1.81 bits per heavy atom. The normalized spacial score (nSPS) is 22.5. The molecule has 0 aliphatic carbocycles. The first-order valence-electron chi connectivity index (χ1n) is 11.8. The lowest BCUT2D eigenvalue weighted by atomic mass is 9.97. The van der Waals surface area contributed by atoms with E-state index in [-0.39, 0.29) is 6.03 Å². The van der Waals surface area contributed by atoms with Crippen LogP contribution in [0.4, 0.5) is 4.79 Å². The number of piperidine rings is 1. The average molecular weight is 449 g/mol. The molecule has 0 bridgehead atoms. The van der Waals surface area contributed by atoms with Crippen molar-refractivity contribution in [2.45, 2.75) is 32.2 Å². The highest BCUT2D eigenvalue weighted by atomic mass is 32.1. The molecule has 2 saturated heterocycles. The van der Waals surface area contributed by atoms with Crippen LogP contribution in [-0.4, -0.2) is 53.5 Å². The predicted molar refractivity (Wildman–Crippen MR) is 131 cm³/mol. The maximum Gasteiger partial charge on any atom is 0.317 e. The minimum atomic E-state index is 0.0986. The van der Waals surface area contributed by atoms with Gasteiger partial charge in [-0.2, -0.15) is 0 Å². The number of carbonyl (C=O) groups excluding carboxylic acids is 1. The number of urea groups is 1. The van der Waals surface area contributed by atoms with Crippen LogP contribution < -0.4 is 5.32 Å². The largest absolute Gasteiger partial charge is 0.338 e. The van der Waals surface area contributed by atoms with Gasteiger partial charge in [-0.05, 0) is 42.4 Å². The number of likely N-dealkylation sites (tertiary alicyclic amines) is 2. The van der Waals surface area contributed by atoms with Gasteiger partial charge in [0, 0.05) is 45.2 Å². The molecule has 0 spiro atoms. The molecule has 0 saturated carbocycles. The molecule has 32 heavy (non-hydrogen) atoms. The minimum Gasteiger partial charge on any atom is -0.338 e. The molecule has 6 heteroatoms. The highest BCUT2D eigenvalue weighted by Crippen LogP contribution is 2.33. The highest BCUT2D eigenvalue weighted by molar-refractivity contribution is 7.18. The first kappa shape index (κ1) is 21.4. The molecule has 2 aromatic carbocycles. The zero-order chi connectivity index (χ0) is 21.9. The molecule has 2 aliphatic rings. The molecular formula is C26H32N4OS. The smallest absolute Gasteiger partial charge is 0.317 e. The van der Waals surface area contributed by atoms with E-state index in [0.717, 1.165) is 57.6 Å². The molecule has 5 rings (SSSR count). The van der Waals surface area contributed by atoms with Crippen LogP contribution in [0.25, 0.3) is 10.2 Å². The molecule has 1 aromatic heterocycles. The number of thiazole rings is 1. The molecular weight excluding hydrogens is 416 g/mol. The summed E-state index contributed by atoms with van der Waals surface area (Å²) in [4.78, 5) is 22.1. The van der Waals surface area contributed by atoms with E-state index in [1.807, 2.05) is 11.0 Å². The Labute approximate surface area is 194 Å². The van der Waals surface area contributed by atoms with Crippen molar-refractivity contribution in [2.24, 2.45) is 11.8 Å². The second-order valence-electron chi connectivity index (χ2n) is 9.38. The number of aromatic nitrogens is 1. The van der Waals surface area contributed by atoms with Crippen molar-refractivity contribution in [1.82, 2.24) is 20.1 Å². The molecule has 5 nitrogen and oxygen atoms in total. The van der Waals surface area contributed by atoms with Crippen molar-refractivity contribution in [3.8, 4) is 0 Å². The Hall–Kier alpha value is -2.44. The fourth-order valence-corrected chi connectivity index (χ4v) is 6.24. The van der Waals surface area contributed by atoms with E-state index in [1.165, 1.54) is 15.3 Å². The van der Waals surface area contributed by atoms with Crippen molar-refractivity contribution < 1.29 is 4.79 Å². The molecule has 3 aromatic rings. The number of nitrogens with zero attached hydrogens (tertiary/aromatic N) is 3. The SMILES string of the molecule is CC1CN(Cc2ccccc2)CC1CNC(=O)N1CCC(c2nc3ccccc3s2)CC1. The second kappa shape index (κ2) is 9.59. The first-order valence-corrected chi connectivity index (χ1v) is 12.6. The minimum absolute atomic E-state index is 0.0986. The van der Waals surface area contributed by atoms with E-state index in [0.29, 0.717) is 17.8 Å². The van der Waals surface area contributed by atoms with Gasteiger partial charge in [0.25, 0.3) is 0 Å². The second-order valence-corrected chi connectivity index (χ2v) is 10.4. The van der Waals surface area contributed by atoms with Gasteiger partial charge < -0.3 is 10.2 Å². The molecule has 1 N–H and O–H groups in total. The Morgan fingerprint density at radius 3 is 2.59 bits per heavy atom. The lowest BCUT2D eigenvalue weighted by Crippen LogP contribution is -2.46. The number of carbonyl (C=O) groups is 1. The van der Waals surface area contributed by atoms with Crippen molar-refractivity contribution in [3.63, 3.8) is 0 Å². The molecule has 2 atom stereocenters. The fraction of sp³-hybridized carbons (Fsp3) is 0.462. The van der Waals surface area contributed by atoms with Crippen LogP contribution in [0.1, 0.15) is 36.3 Å². The Morgan fingerprint density at radius 1 is 1.06 bits per heavy atom. The number of nitrogens with one attached hydrogen (secondary N) is 1. The van der Waals surface area contributed by atoms with Gasteiger partial charge in [0.15, 0.2) is 0 Å². The van der Waals surface area contributed by atoms with Crippen LogP contribution >= 0.6 is 11.3 Å². The van der Waals surface area contributed by atoms with Crippen molar-refractivity contribution in [3.05, 3.63) is 65.2 Å². The molecule has 168 valence electrons. The maximum atomic E-state index is 12.8. The van der Waals surface area contributed by atoms with Crippen molar-refractivity contribution >= 4 is 27.6 Å². The summed E-state index contributed by atoms with van der Waals surface area (Å²) in [6.07, 6.45) is 2.00. The van der Waals surface area contributed by atoms with E-state index in [9.17, 15) is 4.79 Å². The molecule has 0 radical (unpaired) electrons. The van der Waals surface area contributed by atoms with E-state index < -0.39 is 0 Å². The summed E-state index contributed by atoms with van der Waals surface area (Å²) < 4.78 is 1.26. The number of hydrogen-bond donors (Lipinski definition) is 1. The van der Waals surface area contributed by atoms with Gasteiger partial charge >= 0.3 is 6.03 Å². The number of rotatable bonds is 5. The average Bonchev–Trinajstić information content (AvgIpc) is 3.41.